The Hall–Kier alpha value is -1.82. The van der Waals surface area contributed by atoms with E-state index in [0.29, 0.717) is 5.56 Å². The molecule has 0 aliphatic carbocycles. The van der Waals surface area contributed by atoms with Gasteiger partial charge in [0, 0.05) is 18.4 Å². The van der Waals surface area contributed by atoms with E-state index < -0.39 is 24.9 Å². The molecule has 0 aromatic heterocycles. The van der Waals surface area contributed by atoms with E-state index in [4.69, 9.17) is 5.73 Å². The molecule has 0 heterocycles. The molecule has 104 valence electrons. The highest BCUT2D eigenvalue weighted by atomic mass is 19.3. The van der Waals surface area contributed by atoms with Crippen molar-refractivity contribution in [2.75, 3.05) is 13.1 Å². The summed E-state index contributed by atoms with van der Waals surface area (Å²) >= 11 is 0. The maximum absolute atomic E-state index is 12.8. The maximum Gasteiger partial charge on any atom is 0.277 e. The summed E-state index contributed by atoms with van der Waals surface area (Å²) < 4.78 is 25.5. The van der Waals surface area contributed by atoms with Crippen LogP contribution in [-0.4, -0.2) is 30.7 Å². The molecule has 0 aliphatic heterocycles. The first-order valence-electron chi connectivity index (χ1n) is 5.87. The van der Waals surface area contributed by atoms with Crippen LogP contribution < -0.4 is 11.1 Å². The van der Waals surface area contributed by atoms with Crippen LogP contribution in [0.15, 0.2) is 30.3 Å². The highest BCUT2D eigenvalue weighted by Gasteiger charge is 2.27. The Morgan fingerprint density at radius 3 is 2.37 bits per heavy atom. The first kappa shape index (κ1) is 15.2. The van der Waals surface area contributed by atoms with Gasteiger partial charge in [-0.1, -0.05) is 30.3 Å². The Morgan fingerprint density at radius 1 is 1.16 bits per heavy atom. The molecule has 0 saturated carbocycles. The molecular weight excluding hydrogens is 254 g/mol. The van der Waals surface area contributed by atoms with Crippen LogP contribution in [0.4, 0.5) is 8.78 Å². The average molecular weight is 270 g/mol. The Labute approximate surface area is 110 Å². The summed E-state index contributed by atoms with van der Waals surface area (Å²) in [6, 6.07) is 8.49. The Balaban J connectivity index is 2.33. The number of hydrogen-bond donors (Lipinski definition) is 2. The zero-order valence-corrected chi connectivity index (χ0v) is 10.4. The lowest BCUT2D eigenvalue weighted by Crippen LogP contribution is -2.41. The Bertz CT molecular complexity index is 436. The van der Waals surface area contributed by atoms with E-state index in [2.05, 4.69) is 5.32 Å². The highest BCUT2D eigenvalue weighted by Crippen LogP contribution is 2.09. The normalized spacial score (nSPS) is 11.1. The molecule has 0 atom stereocenters. The van der Waals surface area contributed by atoms with Gasteiger partial charge >= 0.3 is 0 Å². The topological polar surface area (TPSA) is 72.2 Å². The molecule has 1 rings (SSSR count). The summed E-state index contributed by atoms with van der Waals surface area (Å²) in [7, 11) is 0. The first-order chi connectivity index (χ1) is 8.94. The third-order valence-corrected chi connectivity index (χ3v) is 2.52. The quantitative estimate of drug-likeness (QED) is 0.735. The van der Waals surface area contributed by atoms with Gasteiger partial charge in [-0.25, -0.2) is 8.78 Å². The highest BCUT2D eigenvalue weighted by molar-refractivity contribution is 5.97. The minimum Gasteiger partial charge on any atom is -0.350 e. The van der Waals surface area contributed by atoms with Crippen molar-refractivity contribution >= 4 is 11.7 Å². The Morgan fingerprint density at radius 2 is 1.79 bits per heavy atom. The number of ketones is 1. The third kappa shape index (κ3) is 5.56. The molecule has 4 nitrogen and oxygen atoms in total. The summed E-state index contributed by atoms with van der Waals surface area (Å²) in [5.41, 5.74) is 5.34. The summed E-state index contributed by atoms with van der Waals surface area (Å²) in [5.74, 6) is -3.89. The molecule has 6 heteroatoms. The number of hydrogen-bond acceptors (Lipinski definition) is 3. The number of benzene rings is 1. The van der Waals surface area contributed by atoms with Gasteiger partial charge in [-0.15, -0.1) is 0 Å². The van der Waals surface area contributed by atoms with Gasteiger partial charge in [0.15, 0.2) is 5.78 Å². The van der Waals surface area contributed by atoms with Gasteiger partial charge in [0.2, 0.25) is 5.91 Å². The van der Waals surface area contributed by atoms with Gasteiger partial charge in [0.05, 0.1) is 13.1 Å². The number of halogens is 2. The van der Waals surface area contributed by atoms with Crippen molar-refractivity contribution in [2.45, 2.75) is 18.8 Å². The van der Waals surface area contributed by atoms with E-state index in [0.717, 1.165) is 0 Å². The summed E-state index contributed by atoms with van der Waals surface area (Å²) in [5, 5.41) is 2.06. The summed E-state index contributed by atoms with van der Waals surface area (Å²) in [6.45, 7) is -1.63. The standard InChI is InChI=1S/C13H16F2N2O2/c14-13(15,8-16)9-17-12(19)7-6-11(18)10-4-2-1-3-5-10/h1-5H,6-9,16H2,(H,17,19). The van der Waals surface area contributed by atoms with Gasteiger partial charge in [0.1, 0.15) is 0 Å². The lowest BCUT2D eigenvalue weighted by Gasteiger charge is -2.14. The molecule has 19 heavy (non-hydrogen) atoms. The van der Waals surface area contributed by atoms with E-state index in [-0.39, 0.29) is 18.6 Å². The predicted molar refractivity (Wildman–Crippen MR) is 67.0 cm³/mol. The number of carbonyl (C=O) groups excluding carboxylic acids is 2. The van der Waals surface area contributed by atoms with Crippen molar-refractivity contribution < 1.29 is 18.4 Å². The third-order valence-electron chi connectivity index (χ3n) is 2.52. The van der Waals surface area contributed by atoms with Gasteiger partial charge in [-0.3, -0.25) is 9.59 Å². The van der Waals surface area contributed by atoms with E-state index in [1.807, 2.05) is 0 Å². The van der Waals surface area contributed by atoms with Crippen molar-refractivity contribution in [3.05, 3.63) is 35.9 Å². The minimum atomic E-state index is -3.11. The van der Waals surface area contributed by atoms with Crippen LogP contribution >= 0.6 is 0 Å². The van der Waals surface area contributed by atoms with E-state index in [1.165, 1.54) is 0 Å². The number of amides is 1. The van der Waals surface area contributed by atoms with Crippen molar-refractivity contribution in [3.63, 3.8) is 0 Å². The lowest BCUT2D eigenvalue weighted by atomic mass is 10.1. The molecule has 1 aromatic rings. The molecule has 0 spiro atoms. The fourth-order valence-electron chi connectivity index (χ4n) is 1.38. The lowest BCUT2D eigenvalue weighted by molar-refractivity contribution is -0.122. The smallest absolute Gasteiger partial charge is 0.277 e. The second-order valence-electron chi connectivity index (χ2n) is 4.13. The Kier molecular flexibility index (Phi) is 5.57. The monoisotopic (exact) mass is 270 g/mol. The van der Waals surface area contributed by atoms with Crippen LogP contribution in [0.3, 0.4) is 0 Å². The number of nitrogens with one attached hydrogen (secondary N) is 1. The van der Waals surface area contributed by atoms with Crippen molar-refractivity contribution in [1.82, 2.24) is 5.32 Å². The largest absolute Gasteiger partial charge is 0.350 e. The zero-order chi connectivity index (χ0) is 14.3. The van der Waals surface area contributed by atoms with Gasteiger partial charge in [-0.05, 0) is 0 Å². The summed E-state index contributed by atoms with van der Waals surface area (Å²) in [4.78, 5) is 23.0. The van der Waals surface area contributed by atoms with Crippen LogP contribution in [0.25, 0.3) is 0 Å². The molecular formula is C13H16F2N2O2. The van der Waals surface area contributed by atoms with Gasteiger partial charge in [-0.2, -0.15) is 0 Å². The van der Waals surface area contributed by atoms with Gasteiger partial charge < -0.3 is 11.1 Å². The molecule has 0 unspecified atom stereocenters. The minimum absolute atomic E-state index is 0.00988. The second-order valence-corrected chi connectivity index (χ2v) is 4.13. The number of rotatable bonds is 7. The number of nitrogens with two attached hydrogens (primary N) is 1. The fourth-order valence-corrected chi connectivity index (χ4v) is 1.38. The molecule has 1 amide bonds. The molecule has 1 aromatic carbocycles. The fraction of sp³-hybridized carbons (Fsp3) is 0.385. The molecule has 0 saturated heterocycles. The second kappa shape index (κ2) is 6.94. The van der Waals surface area contributed by atoms with Crippen LogP contribution in [0, 0.1) is 0 Å². The predicted octanol–water partition coefficient (Wildman–Crippen LogP) is 1.36. The van der Waals surface area contributed by atoms with E-state index in [9.17, 15) is 18.4 Å². The van der Waals surface area contributed by atoms with Crippen LogP contribution in [0.5, 0.6) is 0 Å². The molecule has 0 bridgehead atoms. The van der Waals surface area contributed by atoms with Crippen LogP contribution in [-0.2, 0) is 4.79 Å². The van der Waals surface area contributed by atoms with E-state index in [1.54, 1.807) is 30.3 Å². The number of Topliss-reactive ketones (excluding diaryl/α,β-unsaturated/α-hetero) is 1. The molecule has 3 N–H and O–H groups in total. The van der Waals surface area contributed by atoms with E-state index >= 15 is 0 Å². The number of carbonyl (C=O) groups is 2. The first-order valence-corrected chi connectivity index (χ1v) is 5.87. The summed E-state index contributed by atoms with van der Waals surface area (Å²) in [6.07, 6.45) is -0.127. The van der Waals surface area contributed by atoms with Crippen molar-refractivity contribution in [3.8, 4) is 0 Å². The van der Waals surface area contributed by atoms with Crippen LogP contribution in [0.1, 0.15) is 23.2 Å². The van der Waals surface area contributed by atoms with Crippen molar-refractivity contribution in [2.24, 2.45) is 5.73 Å². The maximum atomic E-state index is 12.8. The number of alkyl halides is 2. The zero-order valence-electron chi connectivity index (χ0n) is 10.4. The van der Waals surface area contributed by atoms with Crippen molar-refractivity contribution in [1.29, 1.82) is 0 Å². The molecule has 0 fully saturated rings. The molecule has 0 aliphatic rings. The van der Waals surface area contributed by atoms with Crippen LogP contribution in [0.2, 0.25) is 0 Å². The molecule has 0 radical (unpaired) electrons. The average Bonchev–Trinajstić information content (AvgIpc) is 2.43. The SMILES string of the molecule is NCC(F)(F)CNC(=O)CCC(=O)c1ccccc1. The van der Waals surface area contributed by atoms with Gasteiger partial charge in [0.25, 0.3) is 5.92 Å².